The van der Waals surface area contributed by atoms with E-state index in [9.17, 15) is 0 Å². The molecular formula is C13H23ClN2O3. The summed E-state index contributed by atoms with van der Waals surface area (Å²) in [6.45, 7) is 0.637. The molecule has 0 heterocycles. The first-order chi connectivity index (χ1) is 8.67. The van der Waals surface area contributed by atoms with Crippen molar-refractivity contribution in [3.8, 4) is 17.2 Å². The minimum atomic E-state index is -0.0812. The van der Waals surface area contributed by atoms with Crippen LogP contribution in [0.1, 0.15) is 24.4 Å². The van der Waals surface area contributed by atoms with Gasteiger partial charge in [0.15, 0.2) is 11.5 Å². The normalized spacial score (nSPS) is 11.4. The summed E-state index contributed by atoms with van der Waals surface area (Å²) in [5, 5.41) is 0. The highest BCUT2D eigenvalue weighted by Gasteiger charge is 2.16. The van der Waals surface area contributed by atoms with Gasteiger partial charge in [-0.15, -0.1) is 12.4 Å². The smallest absolute Gasteiger partial charge is 0.203 e. The maximum atomic E-state index is 6.11. The number of halogens is 1. The summed E-state index contributed by atoms with van der Waals surface area (Å²) in [5.41, 5.74) is 12.6. The molecule has 0 fully saturated rings. The molecule has 6 heteroatoms. The zero-order valence-corrected chi connectivity index (χ0v) is 12.5. The topological polar surface area (TPSA) is 79.7 Å². The van der Waals surface area contributed by atoms with Crippen molar-refractivity contribution in [1.82, 2.24) is 0 Å². The molecule has 0 saturated carbocycles. The van der Waals surface area contributed by atoms with E-state index in [-0.39, 0.29) is 18.4 Å². The van der Waals surface area contributed by atoms with Crippen molar-refractivity contribution in [3.05, 3.63) is 17.7 Å². The van der Waals surface area contributed by atoms with Gasteiger partial charge in [-0.25, -0.2) is 0 Å². The molecule has 19 heavy (non-hydrogen) atoms. The number of benzene rings is 1. The van der Waals surface area contributed by atoms with Gasteiger partial charge in [-0.05, 0) is 37.1 Å². The zero-order chi connectivity index (χ0) is 13.5. The molecule has 4 N–H and O–H groups in total. The standard InChI is InChI=1S/C13H22N2O3.ClH/c1-16-11-7-9(10(15)5-4-6-14)8-12(17-2)13(11)18-3;/h7-8,10H,4-6,14-15H2,1-3H3;1H/t10-;/m0./s1. The molecular weight excluding hydrogens is 268 g/mol. The van der Waals surface area contributed by atoms with E-state index in [4.69, 9.17) is 25.7 Å². The first kappa shape index (κ1) is 17.8. The van der Waals surface area contributed by atoms with Crippen molar-refractivity contribution in [2.75, 3.05) is 27.9 Å². The molecule has 0 amide bonds. The molecule has 0 aromatic heterocycles. The van der Waals surface area contributed by atoms with Crippen LogP contribution in [0.5, 0.6) is 17.2 Å². The third-order valence-corrected chi connectivity index (χ3v) is 2.83. The van der Waals surface area contributed by atoms with Crippen LogP contribution in [-0.4, -0.2) is 27.9 Å². The van der Waals surface area contributed by atoms with Gasteiger partial charge in [-0.3, -0.25) is 0 Å². The molecule has 0 aliphatic carbocycles. The Morgan fingerprint density at radius 1 is 1.05 bits per heavy atom. The second-order valence-electron chi connectivity index (χ2n) is 4.00. The lowest BCUT2D eigenvalue weighted by molar-refractivity contribution is 0.323. The minimum absolute atomic E-state index is 0. The Morgan fingerprint density at radius 3 is 1.95 bits per heavy atom. The minimum Gasteiger partial charge on any atom is -0.493 e. The maximum absolute atomic E-state index is 6.11. The van der Waals surface area contributed by atoms with E-state index < -0.39 is 0 Å². The van der Waals surface area contributed by atoms with Crippen LogP contribution in [0.2, 0.25) is 0 Å². The molecule has 0 bridgehead atoms. The predicted molar refractivity (Wildman–Crippen MR) is 78.6 cm³/mol. The van der Waals surface area contributed by atoms with Crippen molar-refractivity contribution >= 4 is 12.4 Å². The quantitative estimate of drug-likeness (QED) is 0.801. The van der Waals surface area contributed by atoms with Crippen molar-refractivity contribution in [2.45, 2.75) is 18.9 Å². The van der Waals surface area contributed by atoms with E-state index in [0.29, 0.717) is 23.8 Å². The molecule has 5 nitrogen and oxygen atoms in total. The van der Waals surface area contributed by atoms with Crippen molar-refractivity contribution < 1.29 is 14.2 Å². The molecule has 110 valence electrons. The largest absolute Gasteiger partial charge is 0.493 e. The number of hydrogen-bond donors (Lipinski definition) is 2. The fraction of sp³-hybridized carbons (Fsp3) is 0.538. The van der Waals surface area contributed by atoms with Crippen LogP contribution >= 0.6 is 12.4 Å². The second kappa shape index (κ2) is 8.85. The van der Waals surface area contributed by atoms with Crippen LogP contribution in [0.4, 0.5) is 0 Å². The summed E-state index contributed by atoms with van der Waals surface area (Å²) < 4.78 is 15.8. The Labute approximate surface area is 120 Å². The van der Waals surface area contributed by atoms with Crippen LogP contribution in [0.15, 0.2) is 12.1 Å². The van der Waals surface area contributed by atoms with Crippen molar-refractivity contribution in [1.29, 1.82) is 0 Å². The van der Waals surface area contributed by atoms with Gasteiger partial charge in [0.2, 0.25) is 5.75 Å². The van der Waals surface area contributed by atoms with E-state index in [1.54, 1.807) is 21.3 Å². The lowest BCUT2D eigenvalue weighted by Gasteiger charge is -2.17. The zero-order valence-electron chi connectivity index (χ0n) is 11.6. The Morgan fingerprint density at radius 2 is 1.58 bits per heavy atom. The number of methoxy groups -OCH3 is 3. The highest BCUT2D eigenvalue weighted by Crippen LogP contribution is 2.39. The van der Waals surface area contributed by atoms with Crippen LogP contribution in [0.25, 0.3) is 0 Å². The van der Waals surface area contributed by atoms with Crippen LogP contribution < -0.4 is 25.7 Å². The van der Waals surface area contributed by atoms with Crippen LogP contribution in [-0.2, 0) is 0 Å². The fourth-order valence-electron chi connectivity index (χ4n) is 1.82. The number of ether oxygens (including phenoxy) is 3. The van der Waals surface area contributed by atoms with Gasteiger partial charge >= 0.3 is 0 Å². The Kier molecular flexibility index (Phi) is 8.30. The SMILES string of the molecule is COc1cc([C@@H](N)CCCN)cc(OC)c1OC.Cl. The monoisotopic (exact) mass is 290 g/mol. The third-order valence-electron chi connectivity index (χ3n) is 2.83. The predicted octanol–water partition coefficient (Wildman–Crippen LogP) is 1.87. The maximum Gasteiger partial charge on any atom is 0.203 e. The van der Waals surface area contributed by atoms with E-state index in [1.807, 2.05) is 12.1 Å². The van der Waals surface area contributed by atoms with Crippen molar-refractivity contribution in [2.24, 2.45) is 11.5 Å². The molecule has 1 aromatic rings. The summed E-state index contributed by atoms with van der Waals surface area (Å²) in [5.74, 6) is 1.82. The first-order valence-corrected chi connectivity index (χ1v) is 5.93. The highest BCUT2D eigenvalue weighted by molar-refractivity contribution is 5.85. The second-order valence-corrected chi connectivity index (χ2v) is 4.00. The molecule has 1 aromatic carbocycles. The molecule has 0 saturated heterocycles. The molecule has 0 spiro atoms. The molecule has 0 aliphatic heterocycles. The molecule has 1 atom stereocenters. The van der Waals surface area contributed by atoms with E-state index in [1.165, 1.54) is 0 Å². The van der Waals surface area contributed by atoms with E-state index in [0.717, 1.165) is 18.4 Å². The van der Waals surface area contributed by atoms with Gasteiger partial charge in [0, 0.05) is 6.04 Å². The highest BCUT2D eigenvalue weighted by atomic mass is 35.5. The summed E-state index contributed by atoms with van der Waals surface area (Å²) in [7, 11) is 4.76. The molecule has 0 radical (unpaired) electrons. The van der Waals surface area contributed by atoms with Gasteiger partial charge in [0.05, 0.1) is 21.3 Å². The van der Waals surface area contributed by atoms with Gasteiger partial charge in [0.1, 0.15) is 0 Å². The Bertz CT molecular complexity index is 363. The number of nitrogens with two attached hydrogens (primary N) is 2. The van der Waals surface area contributed by atoms with E-state index in [2.05, 4.69) is 0 Å². The lowest BCUT2D eigenvalue weighted by atomic mass is 10.0. The average molecular weight is 291 g/mol. The fourth-order valence-corrected chi connectivity index (χ4v) is 1.82. The molecule has 1 rings (SSSR count). The number of rotatable bonds is 7. The lowest BCUT2D eigenvalue weighted by Crippen LogP contribution is -2.13. The molecule has 0 aliphatic rings. The van der Waals surface area contributed by atoms with Crippen LogP contribution in [0.3, 0.4) is 0 Å². The number of hydrogen-bond acceptors (Lipinski definition) is 5. The first-order valence-electron chi connectivity index (χ1n) is 5.93. The Hall–Kier alpha value is -1.17. The summed E-state index contributed by atoms with van der Waals surface area (Å²) in [6.07, 6.45) is 1.72. The molecule has 0 unspecified atom stereocenters. The van der Waals surface area contributed by atoms with Gasteiger partial charge in [-0.2, -0.15) is 0 Å². The average Bonchev–Trinajstić information content (AvgIpc) is 2.42. The van der Waals surface area contributed by atoms with Gasteiger partial charge < -0.3 is 25.7 Å². The van der Waals surface area contributed by atoms with Gasteiger partial charge in [-0.1, -0.05) is 0 Å². The van der Waals surface area contributed by atoms with E-state index >= 15 is 0 Å². The summed E-state index contributed by atoms with van der Waals surface area (Å²) >= 11 is 0. The third kappa shape index (κ3) is 4.45. The summed E-state index contributed by atoms with van der Waals surface area (Å²) in [6, 6.07) is 3.67. The van der Waals surface area contributed by atoms with Crippen molar-refractivity contribution in [3.63, 3.8) is 0 Å². The summed E-state index contributed by atoms with van der Waals surface area (Å²) in [4.78, 5) is 0. The Balaban J connectivity index is 0.00000324. The van der Waals surface area contributed by atoms with Gasteiger partial charge in [0.25, 0.3) is 0 Å². The van der Waals surface area contributed by atoms with Crippen LogP contribution in [0, 0.1) is 0 Å².